The highest BCUT2D eigenvalue weighted by Gasteiger charge is 2.01. The summed E-state index contributed by atoms with van der Waals surface area (Å²) in [4.78, 5) is 4.52. The predicted octanol–water partition coefficient (Wildman–Crippen LogP) is 2.88. The van der Waals surface area contributed by atoms with Gasteiger partial charge in [0.15, 0.2) is 0 Å². The van der Waals surface area contributed by atoms with Crippen molar-refractivity contribution in [2.45, 2.75) is 13.3 Å². The van der Waals surface area contributed by atoms with Gasteiger partial charge in [-0.3, -0.25) is 0 Å². The fraction of sp³-hybridized carbons (Fsp3) is 0.364. The summed E-state index contributed by atoms with van der Waals surface area (Å²) in [6, 6.07) is 8.23. The van der Waals surface area contributed by atoms with E-state index in [2.05, 4.69) is 17.1 Å². The minimum atomic E-state index is 0.774. The van der Waals surface area contributed by atoms with Gasteiger partial charge >= 0.3 is 0 Å². The van der Waals surface area contributed by atoms with Gasteiger partial charge in [-0.05, 0) is 19.1 Å². The van der Waals surface area contributed by atoms with Gasteiger partial charge in [0.25, 0.3) is 0 Å². The number of fused-ring (bicyclic) bond motifs is 1. The van der Waals surface area contributed by atoms with Gasteiger partial charge in [0, 0.05) is 13.0 Å². The van der Waals surface area contributed by atoms with E-state index in [0.717, 1.165) is 25.2 Å². The van der Waals surface area contributed by atoms with Crippen LogP contribution in [0, 0.1) is 0 Å². The first-order valence-corrected chi connectivity index (χ1v) is 5.64. The summed E-state index contributed by atoms with van der Waals surface area (Å²) in [7, 11) is 0. The van der Waals surface area contributed by atoms with Crippen LogP contribution in [0.5, 0.6) is 0 Å². The molecule has 0 radical (unpaired) electrons. The smallest absolute Gasteiger partial charge is 0.0961 e. The van der Waals surface area contributed by atoms with Crippen molar-refractivity contribution in [2.75, 3.05) is 13.2 Å². The molecule has 0 spiro atoms. The Morgan fingerprint density at radius 2 is 2.21 bits per heavy atom. The second-order valence-electron chi connectivity index (χ2n) is 3.02. The van der Waals surface area contributed by atoms with E-state index in [4.69, 9.17) is 4.74 Å². The molecule has 0 fully saturated rings. The normalized spacial score (nSPS) is 10.9. The van der Waals surface area contributed by atoms with E-state index in [0.29, 0.717) is 0 Å². The Balaban J connectivity index is 2.11. The third-order valence-corrected chi connectivity index (χ3v) is 3.10. The zero-order chi connectivity index (χ0) is 9.80. The van der Waals surface area contributed by atoms with E-state index in [-0.39, 0.29) is 0 Å². The maximum atomic E-state index is 5.30. The van der Waals surface area contributed by atoms with E-state index >= 15 is 0 Å². The Hall–Kier alpha value is -0.930. The van der Waals surface area contributed by atoms with Crippen LogP contribution in [0.3, 0.4) is 0 Å². The molecule has 0 N–H and O–H groups in total. The number of thiazole rings is 1. The maximum absolute atomic E-state index is 5.30. The topological polar surface area (TPSA) is 22.1 Å². The molecule has 0 aliphatic heterocycles. The molecule has 0 amide bonds. The first kappa shape index (κ1) is 9.62. The third-order valence-electron chi connectivity index (χ3n) is 2.00. The molecule has 0 saturated carbocycles. The highest BCUT2D eigenvalue weighted by atomic mass is 32.1. The summed E-state index contributed by atoms with van der Waals surface area (Å²) in [5.74, 6) is 0. The standard InChI is InChI=1S/C11H13NOS/c1-2-13-8-7-11-12-9-5-3-4-6-10(9)14-11/h3-6H,2,7-8H2,1H3. The molecule has 74 valence electrons. The van der Waals surface area contributed by atoms with Crippen LogP contribution in [0.1, 0.15) is 11.9 Å². The quantitative estimate of drug-likeness (QED) is 0.719. The van der Waals surface area contributed by atoms with Crippen molar-refractivity contribution in [3.63, 3.8) is 0 Å². The molecule has 2 rings (SSSR count). The Morgan fingerprint density at radius 3 is 3.00 bits per heavy atom. The van der Waals surface area contributed by atoms with Crippen molar-refractivity contribution in [3.8, 4) is 0 Å². The molecule has 1 aromatic heterocycles. The van der Waals surface area contributed by atoms with Crippen LogP contribution in [0.25, 0.3) is 10.2 Å². The molecule has 2 aromatic rings. The Kier molecular flexibility index (Phi) is 3.11. The van der Waals surface area contributed by atoms with Crippen LogP contribution >= 0.6 is 11.3 Å². The molecule has 0 bridgehead atoms. The Bertz CT molecular complexity index is 377. The van der Waals surface area contributed by atoms with Crippen molar-refractivity contribution in [1.82, 2.24) is 4.98 Å². The lowest BCUT2D eigenvalue weighted by atomic mass is 10.3. The van der Waals surface area contributed by atoms with Gasteiger partial charge in [-0.2, -0.15) is 0 Å². The van der Waals surface area contributed by atoms with Gasteiger partial charge in [-0.25, -0.2) is 4.98 Å². The number of ether oxygens (including phenoxy) is 1. The highest BCUT2D eigenvalue weighted by Crippen LogP contribution is 2.21. The van der Waals surface area contributed by atoms with E-state index < -0.39 is 0 Å². The number of para-hydroxylation sites is 1. The summed E-state index contributed by atoms with van der Waals surface area (Å²) in [5.41, 5.74) is 1.10. The summed E-state index contributed by atoms with van der Waals surface area (Å²) in [6.45, 7) is 3.57. The van der Waals surface area contributed by atoms with Crippen LogP contribution in [-0.4, -0.2) is 18.2 Å². The van der Waals surface area contributed by atoms with Crippen molar-refractivity contribution >= 4 is 21.6 Å². The molecule has 14 heavy (non-hydrogen) atoms. The summed E-state index contributed by atoms with van der Waals surface area (Å²) in [6.07, 6.45) is 0.924. The molecule has 2 nitrogen and oxygen atoms in total. The Labute approximate surface area is 87.5 Å². The van der Waals surface area contributed by atoms with Crippen LogP contribution in [0.2, 0.25) is 0 Å². The fourth-order valence-corrected chi connectivity index (χ4v) is 2.28. The van der Waals surface area contributed by atoms with Crippen LogP contribution < -0.4 is 0 Å². The van der Waals surface area contributed by atoms with Gasteiger partial charge in [0.1, 0.15) is 0 Å². The molecular weight excluding hydrogens is 194 g/mol. The molecule has 0 saturated heterocycles. The van der Waals surface area contributed by atoms with E-state index in [1.807, 2.05) is 19.1 Å². The van der Waals surface area contributed by atoms with E-state index in [1.165, 1.54) is 9.71 Å². The SMILES string of the molecule is CCOCCc1nc2ccccc2s1. The number of aromatic nitrogens is 1. The summed E-state index contributed by atoms with van der Waals surface area (Å²) >= 11 is 1.76. The van der Waals surface area contributed by atoms with E-state index in [9.17, 15) is 0 Å². The highest BCUT2D eigenvalue weighted by molar-refractivity contribution is 7.18. The number of hydrogen-bond donors (Lipinski definition) is 0. The first-order valence-electron chi connectivity index (χ1n) is 4.82. The minimum absolute atomic E-state index is 0.774. The third kappa shape index (κ3) is 2.11. The van der Waals surface area contributed by atoms with Crippen LogP contribution in [-0.2, 0) is 11.2 Å². The van der Waals surface area contributed by atoms with Gasteiger partial charge in [0.05, 0.1) is 21.8 Å². The van der Waals surface area contributed by atoms with Crippen molar-refractivity contribution < 1.29 is 4.74 Å². The lowest BCUT2D eigenvalue weighted by Gasteiger charge is -1.95. The maximum Gasteiger partial charge on any atom is 0.0961 e. The van der Waals surface area contributed by atoms with Gasteiger partial charge in [-0.1, -0.05) is 12.1 Å². The zero-order valence-corrected chi connectivity index (χ0v) is 9.01. The van der Waals surface area contributed by atoms with Gasteiger partial charge < -0.3 is 4.74 Å². The molecule has 1 heterocycles. The molecule has 0 atom stereocenters. The zero-order valence-electron chi connectivity index (χ0n) is 8.19. The van der Waals surface area contributed by atoms with Gasteiger partial charge in [-0.15, -0.1) is 11.3 Å². The minimum Gasteiger partial charge on any atom is -0.381 e. The summed E-state index contributed by atoms with van der Waals surface area (Å²) < 4.78 is 6.56. The Morgan fingerprint density at radius 1 is 1.36 bits per heavy atom. The summed E-state index contributed by atoms with van der Waals surface area (Å²) in [5, 5.41) is 1.17. The number of nitrogens with zero attached hydrogens (tertiary/aromatic N) is 1. The molecule has 0 aliphatic rings. The van der Waals surface area contributed by atoms with Crippen LogP contribution in [0.15, 0.2) is 24.3 Å². The second kappa shape index (κ2) is 4.53. The largest absolute Gasteiger partial charge is 0.381 e. The fourth-order valence-electron chi connectivity index (χ4n) is 1.33. The first-order chi connectivity index (χ1) is 6.90. The van der Waals surface area contributed by atoms with Gasteiger partial charge in [0.2, 0.25) is 0 Å². The molecule has 1 aromatic carbocycles. The lowest BCUT2D eigenvalue weighted by molar-refractivity contribution is 0.151. The predicted molar refractivity (Wildman–Crippen MR) is 59.8 cm³/mol. The molecule has 0 unspecified atom stereocenters. The molecule has 0 aliphatic carbocycles. The number of hydrogen-bond acceptors (Lipinski definition) is 3. The second-order valence-corrected chi connectivity index (χ2v) is 4.14. The molecular formula is C11H13NOS. The average Bonchev–Trinajstić information content (AvgIpc) is 2.60. The van der Waals surface area contributed by atoms with Crippen molar-refractivity contribution in [2.24, 2.45) is 0 Å². The number of rotatable bonds is 4. The molecule has 3 heteroatoms. The number of benzene rings is 1. The van der Waals surface area contributed by atoms with Crippen molar-refractivity contribution in [1.29, 1.82) is 0 Å². The van der Waals surface area contributed by atoms with Crippen molar-refractivity contribution in [3.05, 3.63) is 29.3 Å². The lowest BCUT2D eigenvalue weighted by Crippen LogP contribution is -1.96. The van der Waals surface area contributed by atoms with Crippen LogP contribution in [0.4, 0.5) is 0 Å². The van der Waals surface area contributed by atoms with E-state index in [1.54, 1.807) is 11.3 Å². The average molecular weight is 207 g/mol. The monoisotopic (exact) mass is 207 g/mol.